The number of amides is 1. The number of aliphatic hydroxyl groups is 1. The fourth-order valence-electron chi connectivity index (χ4n) is 3.17. The molecule has 4 N–H and O–H groups in total. The van der Waals surface area contributed by atoms with Gasteiger partial charge in [-0.15, -0.1) is 0 Å². The van der Waals surface area contributed by atoms with Crippen molar-refractivity contribution in [2.75, 3.05) is 25.0 Å². The zero-order valence-electron chi connectivity index (χ0n) is 13.0. The Balaban J connectivity index is 2.33. The molecule has 0 unspecified atom stereocenters. The summed E-state index contributed by atoms with van der Waals surface area (Å²) < 4.78 is 0. The molecule has 0 saturated carbocycles. The van der Waals surface area contributed by atoms with Crippen molar-refractivity contribution in [2.24, 2.45) is 0 Å². The van der Waals surface area contributed by atoms with Gasteiger partial charge in [-0.2, -0.15) is 0 Å². The molecule has 1 aromatic carbocycles. The predicted octanol–water partition coefficient (Wildman–Crippen LogP) is 3.22. The first-order valence-electron chi connectivity index (χ1n) is 7.61. The molecule has 0 bridgehead atoms. The van der Waals surface area contributed by atoms with Crippen LogP contribution in [0.3, 0.4) is 0 Å². The number of carbonyl (C=O) groups is 1. The molecular formula is C16H19Cl2N3O2. The van der Waals surface area contributed by atoms with Gasteiger partial charge in [-0.25, -0.2) is 0 Å². The van der Waals surface area contributed by atoms with Crippen LogP contribution >= 0.6 is 23.2 Å². The lowest BCUT2D eigenvalue weighted by molar-refractivity contribution is -0.122. The Morgan fingerprint density at radius 1 is 1.39 bits per heavy atom. The van der Waals surface area contributed by atoms with E-state index in [4.69, 9.17) is 28.3 Å². The predicted molar refractivity (Wildman–Crippen MR) is 93.7 cm³/mol. The lowest BCUT2D eigenvalue weighted by Crippen LogP contribution is -2.27. The summed E-state index contributed by atoms with van der Waals surface area (Å²) in [4.78, 5) is 15.7. The van der Waals surface area contributed by atoms with E-state index in [1.54, 1.807) is 6.07 Å². The minimum absolute atomic E-state index is 0.000788. The number of carbonyl (C=O) groups excluding carboxylic acids is 1. The van der Waals surface area contributed by atoms with Crippen LogP contribution < -0.4 is 10.6 Å². The molecule has 2 atom stereocenters. The summed E-state index contributed by atoms with van der Waals surface area (Å²) in [6.45, 7) is 4.92. The van der Waals surface area contributed by atoms with Crippen molar-refractivity contribution in [3.05, 3.63) is 27.4 Å². The molecule has 1 aliphatic heterocycles. The summed E-state index contributed by atoms with van der Waals surface area (Å²) in [6, 6.07) is 1.75. The van der Waals surface area contributed by atoms with Gasteiger partial charge in [0.2, 0.25) is 5.91 Å². The number of benzene rings is 1. The van der Waals surface area contributed by atoms with Crippen LogP contribution in [-0.4, -0.2) is 35.7 Å². The monoisotopic (exact) mass is 355 g/mol. The number of aliphatic hydroxyl groups excluding tert-OH is 1. The maximum atomic E-state index is 12.3. The van der Waals surface area contributed by atoms with Crippen molar-refractivity contribution in [1.29, 1.82) is 0 Å². The third-order valence-corrected chi connectivity index (χ3v) is 5.15. The van der Waals surface area contributed by atoms with Crippen LogP contribution in [0.2, 0.25) is 10.0 Å². The van der Waals surface area contributed by atoms with E-state index < -0.39 is 0 Å². The van der Waals surface area contributed by atoms with Gasteiger partial charge in [-0.3, -0.25) is 4.79 Å². The first kappa shape index (κ1) is 16.4. The highest BCUT2D eigenvalue weighted by Crippen LogP contribution is 2.43. The van der Waals surface area contributed by atoms with Crippen molar-refractivity contribution < 1.29 is 9.90 Å². The molecule has 2 aromatic rings. The van der Waals surface area contributed by atoms with Crippen molar-refractivity contribution in [3.63, 3.8) is 0 Å². The van der Waals surface area contributed by atoms with E-state index in [1.807, 2.05) is 6.92 Å². The molecule has 3 rings (SSSR count). The topological polar surface area (TPSA) is 77.2 Å². The average molecular weight is 356 g/mol. The molecule has 124 valence electrons. The van der Waals surface area contributed by atoms with Gasteiger partial charge in [0.25, 0.3) is 0 Å². The number of aromatic nitrogens is 1. The Morgan fingerprint density at radius 2 is 2.13 bits per heavy atom. The third-order valence-electron chi connectivity index (χ3n) is 4.37. The van der Waals surface area contributed by atoms with Gasteiger partial charge in [0.15, 0.2) is 0 Å². The molecule has 1 aliphatic rings. The fraction of sp³-hybridized carbons (Fsp3) is 0.438. The number of hydrogen-bond donors (Lipinski definition) is 4. The summed E-state index contributed by atoms with van der Waals surface area (Å²) in [7, 11) is 0. The zero-order valence-corrected chi connectivity index (χ0v) is 14.5. The highest BCUT2D eigenvalue weighted by atomic mass is 35.5. The molecule has 5 nitrogen and oxygen atoms in total. The fourth-order valence-corrected chi connectivity index (χ4v) is 3.57. The number of nitrogens with one attached hydrogen (secondary N) is 3. The largest absolute Gasteiger partial charge is 0.395 e. The summed E-state index contributed by atoms with van der Waals surface area (Å²) in [5.74, 6) is -0.155. The van der Waals surface area contributed by atoms with E-state index in [0.717, 1.165) is 27.8 Å². The van der Waals surface area contributed by atoms with E-state index >= 15 is 0 Å². The van der Waals surface area contributed by atoms with E-state index in [2.05, 4.69) is 22.5 Å². The van der Waals surface area contributed by atoms with Crippen molar-refractivity contribution in [3.8, 4) is 0 Å². The van der Waals surface area contributed by atoms with Crippen molar-refractivity contribution in [1.82, 2.24) is 10.3 Å². The normalized spacial score (nSPS) is 21.0. The standard InChI is InChI=1S/C16H19Cl2N3O2/c1-7-6-20-16(23)8(2)11-12-10(19-3-4-22)5-9(17)13(18)15(12)21-14(7)11/h5,7-8,19,21-22H,3-4,6H2,1-2H3,(H,20,23)/t7-,8+/m0/s1. The highest BCUT2D eigenvalue weighted by Gasteiger charge is 2.31. The van der Waals surface area contributed by atoms with E-state index in [9.17, 15) is 4.79 Å². The van der Waals surface area contributed by atoms with Crippen molar-refractivity contribution >= 4 is 45.7 Å². The smallest absolute Gasteiger partial charge is 0.227 e. The molecular weight excluding hydrogens is 337 g/mol. The van der Waals surface area contributed by atoms with E-state index in [1.165, 1.54) is 0 Å². The second-order valence-electron chi connectivity index (χ2n) is 5.94. The lowest BCUT2D eigenvalue weighted by Gasteiger charge is -2.13. The number of aromatic amines is 1. The van der Waals surface area contributed by atoms with Gasteiger partial charge in [-0.05, 0) is 18.6 Å². The van der Waals surface area contributed by atoms with E-state index in [-0.39, 0.29) is 24.3 Å². The molecule has 0 aliphatic carbocycles. The zero-order chi connectivity index (χ0) is 16.7. The van der Waals surface area contributed by atoms with Crippen LogP contribution in [0.25, 0.3) is 10.9 Å². The minimum atomic E-state index is -0.296. The van der Waals surface area contributed by atoms with Crippen LogP contribution in [0.15, 0.2) is 6.07 Å². The second kappa shape index (κ2) is 6.23. The third kappa shape index (κ3) is 2.67. The molecule has 23 heavy (non-hydrogen) atoms. The SMILES string of the molecule is C[C@H]1CNC(=O)[C@H](C)c2c1[nH]c1c(Cl)c(Cl)cc(NCCO)c21. The van der Waals surface area contributed by atoms with E-state index in [0.29, 0.717) is 23.1 Å². The Kier molecular flexibility index (Phi) is 4.45. The number of hydrogen-bond acceptors (Lipinski definition) is 3. The van der Waals surface area contributed by atoms with Crippen LogP contribution in [0.1, 0.15) is 36.9 Å². The Bertz CT molecular complexity index is 773. The van der Waals surface area contributed by atoms with Crippen LogP contribution in [0.4, 0.5) is 5.69 Å². The molecule has 0 fully saturated rings. The number of halogens is 2. The number of rotatable bonds is 3. The van der Waals surface area contributed by atoms with Gasteiger partial charge in [0, 0.05) is 35.8 Å². The minimum Gasteiger partial charge on any atom is -0.395 e. The molecule has 0 radical (unpaired) electrons. The first-order chi connectivity index (χ1) is 11.0. The number of anilines is 1. The Labute approximate surface area is 144 Å². The second-order valence-corrected chi connectivity index (χ2v) is 6.73. The van der Waals surface area contributed by atoms with Gasteiger partial charge in [0.1, 0.15) is 0 Å². The molecule has 7 heteroatoms. The van der Waals surface area contributed by atoms with Crippen molar-refractivity contribution in [2.45, 2.75) is 25.7 Å². The molecule has 1 aromatic heterocycles. The lowest BCUT2D eigenvalue weighted by atomic mass is 9.93. The van der Waals surface area contributed by atoms with Crippen LogP contribution in [0, 0.1) is 0 Å². The van der Waals surface area contributed by atoms with Crippen LogP contribution in [0.5, 0.6) is 0 Å². The Hall–Kier alpha value is -1.43. The molecule has 0 saturated heterocycles. The first-order valence-corrected chi connectivity index (χ1v) is 8.37. The van der Waals surface area contributed by atoms with Gasteiger partial charge < -0.3 is 20.7 Å². The maximum Gasteiger partial charge on any atom is 0.227 e. The summed E-state index contributed by atoms with van der Waals surface area (Å²) >= 11 is 12.6. The average Bonchev–Trinajstić information content (AvgIpc) is 2.90. The van der Waals surface area contributed by atoms with Gasteiger partial charge >= 0.3 is 0 Å². The molecule has 2 heterocycles. The van der Waals surface area contributed by atoms with Gasteiger partial charge in [-0.1, -0.05) is 30.1 Å². The highest BCUT2D eigenvalue weighted by molar-refractivity contribution is 6.45. The Morgan fingerprint density at radius 3 is 2.83 bits per heavy atom. The summed E-state index contributed by atoms with van der Waals surface area (Å²) in [5, 5.41) is 17.0. The summed E-state index contributed by atoms with van der Waals surface area (Å²) in [6.07, 6.45) is 0. The number of fused-ring (bicyclic) bond motifs is 3. The quantitative estimate of drug-likeness (QED) is 0.682. The molecule has 0 spiro atoms. The maximum absolute atomic E-state index is 12.3. The van der Waals surface area contributed by atoms with Crippen LogP contribution in [-0.2, 0) is 4.79 Å². The van der Waals surface area contributed by atoms with Gasteiger partial charge in [0.05, 0.1) is 28.1 Å². The molecule has 1 amide bonds. The summed E-state index contributed by atoms with van der Waals surface area (Å²) in [5.41, 5.74) is 3.45. The number of H-pyrrole nitrogens is 1.